The lowest BCUT2D eigenvalue weighted by Crippen LogP contribution is -2.34. The Labute approximate surface area is 108 Å². The molecule has 0 heterocycles. The van der Waals surface area contributed by atoms with E-state index >= 15 is 0 Å². The van der Waals surface area contributed by atoms with Gasteiger partial charge in [-0.15, -0.1) is 12.4 Å². The Bertz CT molecular complexity index is 320. The van der Waals surface area contributed by atoms with Gasteiger partial charge in [0.2, 0.25) is 0 Å². The minimum absolute atomic E-state index is 0. The first-order valence-electron chi connectivity index (χ1n) is 5.29. The average Bonchev–Trinajstić information content (AvgIpc) is 2.32. The van der Waals surface area contributed by atoms with Gasteiger partial charge in [-0.05, 0) is 12.6 Å². The van der Waals surface area contributed by atoms with Crippen molar-refractivity contribution in [1.29, 1.82) is 0 Å². The molecular formula is C12H19ClN2O2. The number of hydrogen-bond acceptors (Lipinski definition) is 3. The summed E-state index contributed by atoms with van der Waals surface area (Å²) in [6.07, 6.45) is -0.530. The number of carbonyl (C=O) groups excluding carboxylic acids is 1. The zero-order valence-electron chi connectivity index (χ0n) is 10.1. The van der Waals surface area contributed by atoms with Crippen LogP contribution in [-0.4, -0.2) is 33.2 Å². The number of rotatable bonds is 6. The van der Waals surface area contributed by atoms with Crippen molar-refractivity contribution in [3.05, 3.63) is 35.9 Å². The second-order valence-electron chi connectivity index (χ2n) is 3.42. The Balaban J connectivity index is 0.00000256. The van der Waals surface area contributed by atoms with Crippen LogP contribution in [0.3, 0.4) is 0 Å². The van der Waals surface area contributed by atoms with Gasteiger partial charge in [0.15, 0.2) is 6.10 Å². The van der Waals surface area contributed by atoms with E-state index in [1.807, 2.05) is 37.4 Å². The molecule has 1 atom stereocenters. The van der Waals surface area contributed by atoms with Gasteiger partial charge in [0, 0.05) is 20.2 Å². The van der Waals surface area contributed by atoms with Crippen LogP contribution in [-0.2, 0) is 9.53 Å². The Morgan fingerprint density at radius 1 is 1.29 bits per heavy atom. The zero-order chi connectivity index (χ0) is 11.8. The van der Waals surface area contributed by atoms with Gasteiger partial charge in [-0.25, -0.2) is 0 Å². The maximum Gasteiger partial charge on any atom is 0.253 e. The van der Waals surface area contributed by atoms with Crippen molar-refractivity contribution in [2.24, 2.45) is 0 Å². The third kappa shape index (κ3) is 5.17. The topological polar surface area (TPSA) is 50.4 Å². The van der Waals surface area contributed by atoms with Gasteiger partial charge in [0.25, 0.3) is 5.91 Å². The van der Waals surface area contributed by atoms with Gasteiger partial charge in [-0.3, -0.25) is 4.79 Å². The second kappa shape index (κ2) is 8.98. The smallest absolute Gasteiger partial charge is 0.253 e. The highest BCUT2D eigenvalue weighted by Crippen LogP contribution is 2.15. The van der Waals surface area contributed by atoms with Gasteiger partial charge < -0.3 is 15.4 Å². The molecule has 5 heteroatoms. The fourth-order valence-corrected chi connectivity index (χ4v) is 1.43. The maximum absolute atomic E-state index is 11.8. The van der Waals surface area contributed by atoms with Crippen molar-refractivity contribution in [2.45, 2.75) is 6.10 Å². The zero-order valence-corrected chi connectivity index (χ0v) is 10.9. The number of likely N-dealkylation sites (N-methyl/N-ethyl adjacent to an activating group) is 1. The minimum atomic E-state index is -0.530. The summed E-state index contributed by atoms with van der Waals surface area (Å²) in [6.45, 7) is 1.35. The standard InChI is InChI=1S/C12H18N2O2.ClH/c1-13-8-9-14-12(15)11(16-2)10-6-4-3-5-7-10;/h3-7,11,13H,8-9H2,1-2H3,(H,14,15);1H. The molecule has 1 amide bonds. The van der Waals surface area contributed by atoms with E-state index in [1.54, 1.807) is 0 Å². The van der Waals surface area contributed by atoms with Crippen molar-refractivity contribution in [2.75, 3.05) is 27.2 Å². The largest absolute Gasteiger partial charge is 0.367 e. The highest BCUT2D eigenvalue weighted by atomic mass is 35.5. The number of carbonyl (C=O) groups is 1. The summed E-state index contributed by atoms with van der Waals surface area (Å²) in [7, 11) is 3.38. The number of nitrogens with one attached hydrogen (secondary N) is 2. The van der Waals surface area contributed by atoms with Crippen molar-refractivity contribution in [1.82, 2.24) is 10.6 Å². The van der Waals surface area contributed by atoms with Gasteiger partial charge in [0.1, 0.15) is 0 Å². The first kappa shape index (κ1) is 15.9. The third-order valence-electron chi connectivity index (χ3n) is 2.25. The van der Waals surface area contributed by atoms with Gasteiger partial charge in [-0.1, -0.05) is 30.3 Å². The Morgan fingerprint density at radius 2 is 1.94 bits per heavy atom. The van der Waals surface area contributed by atoms with Crippen LogP contribution in [0.15, 0.2) is 30.3 Å². The molecule has 1 aromatic rings. The van der Waals surface area contributed by atoms with E-state index in [9.17, 15) is 4.79 Å². The van der Waals surface area contributed by atoms with E-state index in [4.69, 9.17) is 4.74 Å². The molecule has 0 saturated heterocycles. The van der Waals surface area contributed by atoms with Crippen LogP contribution in [0.5, 0.6) is 0 Å². The van der Waals surface area contributed by atoms with Crippen LogP contribution in [0.2, 0.25) is 0 Å². The number of amides is 1. The lowest BCUT2D eigenvalue weighted by molar-refractivity contribution is -0.131. The molecule has 0 aliphatic rings. The molecular weight excluding hydrogens is 240 g/mol. The fourth-order valence-electron chi connectivity index (χ4n) is 1.43. The maximum atomic E-state index is 11.8. The summed E-state index contributed by atoms with van der Waals surface area (Å²) in [4.78, 5) is 11.8. The Hall–Kier alpha value is -1.10. The first-order chi connectivity index (χ1) is 7.79. The molecule has 0 spiro atoms. The molecule has 0 fully saturated rings. The summed E-state index contributed by atoms with van der Waals surface area (Å²) < 4.78 is 5.20. The normalized spacial score (nSPS) is 11.4. The molecule has 1 unspecified atom stereocenters. The lowest BCUT2D eigenvalue weighted by Gasteiger charge is -2.15. The monoisotopic (exact) mass is 258 g/mol. The van der Waals surface area contributed by atoms with Gasteiger partial charge in [-0.2, -0.15) is 0 Å². The molecule has 1 rings (SSSR count). The predicted molar refractivity (Wildman–Crippen MR) is 70.4 cm³/mol. The van der Waals surface area contributed by atoms with E-state index in [-0.39, 0.29) is 18.3 Å². The number of methoxy groups -OCH3 is 1. The van der Waals surface area contributed by atoms with E-state index in [1.165, 1.54) is 7.11 Å². The SMILES string of the molecule is CNCCNC(=O)C(OC)c1ccccc1.Cl. The quantitative estimate of drug-likeness (QED) is 0.753. The number of hydrogen-bond donors (Lipinski definition) is 2. The van der Waals surface area contributed by atoms with E-state index < -0.39 is 6.10 Å². The average molecular weight is 259 g/mol. The van der Waals surface area contributed by atoms with E-state index in [0.717, 1.165) is 12.1 Å². The van der Waals surface area contributed by atoms with Crippen LogP contribution in [0.4, 0.5) is 0 Å². The second-order valence-corrected chi connectivity index (χ2v) is 3.42. The van der Waals surface area contributed by atoms with Gasteiger partial charge in [0.05, 0.1) is 0 Å². The van der Waals surface area contributed by atoms with Crippen LogP contribution in [0, 0.1) is 0 Å². The van der Waals surface area contributed by atoms with E-state index in [2.05, 4.69) is 10.6 Å². The minimum Gasteiger partial charge on any atom is -0.367 e. The Kier molecular flexibility index (Phi) is 8.40. The highest BCUT2D eigenvalue weighted by Gasteiger charge is 2.18. The highest BCUT2D eigenvalue weighted by molar-refractivity contribution is 5.85. The molecule has 0 aliphatic heterocycles. The Morgan fingerprint density at radius 3 is 2.47 bits per heavy atom. The number of halogens is 1. The van der Waals surface area contributed by atoms with Crippen molar-refractivity contribution >= 4 is 18.3 Å². The van der Waals surface area contributed by atoms with Crippen LogP contribution >= 0.6 is 12.4 Å². The fraction of sp³-hybridized carbons (Fsp3) is 0.417. The molecule has 0 aromatic heterocycles. The molecule has 0 saturated carbocycles. The molecule has 17 heavy (non-hydrogen) atoms. The molecule has 0 radical (unpaired) electrons. The summed E-state index contributed by atoms with van der Waals surface area (Å²) in [5, 5.41) is 5.77. The van der Waals surface area contributed by atoms with Crippen molar-refractivity contribution < 1.29 is 9.53 Å². The lowest BCUT2D eigenvalue weighted by atomic mass is 10.1. The summed E-state index contributed by atoms with van der Waals surface area (Å²) in [6, 6.07) is 9.46. The molecule has 0 aliphatic carbocycles. The predicted octanol–water partition coefficient (Wildman–Crippen LogP) is 1.13. The van der Waals surface area contributed by atoms with Crippen LogP contribution < -0.4 is 10.6 Å². The first-order valence-corrected chi connectivity index (χ1v) is 5.29. The molecule has 96 valence electrons. The van der Waals surface area contributed by atoms with Crippen LogP contribution in [0.1, 0.15) is 11.7 Å². The summed E-state index contributed by atoms with van der Waals surface area (Å²) in [5.41, 5.74) is 0.868. The van der Waals surface area contributed by atoms with Crippen molar-refractivity contribution in [3.8, 4) is 0 Å². The molecule has 4 nitrogen and oxygen atoms in total. The van der Waals surface area contributed by atoms with Crippen molar-refractivity contribution in [3.63, 3.8) is 0 Å². The number of ether oxygens (including phenoxy) is 1. The molecule has 0 bridgehead atoms. The van der Waals surface area contributed by atoms with Crippen LogP contribution in [0.25, 0.3) is 0 Å². The molecule has 1 aromatic carbocycles. The molecule has 2 N–H and O–H groups in total. The third-order valence-corrected chi connectivity index (χ3v) is 2.25. The summed E-state index contributed by atoms with van der Waals surface area (Å²) in [5.74, 6) is -0.107. The van der Waals surface area contributed by atoms with Gasteiger partial charge >= 0.3 is 0 Å². The summed E-state index contributed by atoms with van der Waals surface area (Å²) >= 11 is 0. The van der Waals surface area contributed by atoms with E-state index in [0.29, 0.717) is 6.54 Å². The number of benzene rings is 1.